The molecule has 2 unspecified atom stereocenters. The maximum Gasteiger partial charge on any atom is 0.183 e. The molecule has 2 rings (SSSR count). The second kappa shape index (κ2) is 7.29. The number of hydrogen-bond donors (Lipinski definition) is 1. The molecule has 0 bridgehead atoms. The van der Waals surface area contributed by atoms with Gasteiger partial charge in [-0.3, -0.25) is 4.90 Å². The molecule has 6 heteroatoms. The molecule has 0 saturated heterocycles. The van der Waals surface area contributed by atoms with Gasteiger partial charge in [0.2, 0.25) is 0 Å². The standard InChI is InChI=1S/C15H17Br2ClN2O/c1-9(10-5-3-4-6-12(10)18)20(2)13(8-19)14-7-11(16)15(17)21-14/h3-7,9,13H,8,19H2,1-2H3. The number of likely N-dealkylation sites (N-methyl/N-ethyl adjacent to an activating group) is 1. The molecule has 0 spiro atoms. The van der Waals surface area contributed by atoms with Crippen LogP contribution in [0.15, 0.2) is 43.9 Å². The van der Waals surface area contributed by atoms with E-state index in [-0.39, 0.29) is 12.1 Å². The molecule has 21 heavy (non-hydrogen) atoms. The van der Waals surface area contributed by atoms with Crippen molar-refractivity contribution in [3.8, 4) is 0 Å². The van der Waals surface area contributed by atoms with Crippen LogP contribution >= 0.6 is 43.5 Å². The van der Waals surface area contributed by atoms with Gasteiger partial charge in [-0.1, -0.05) is 29.8 Å². The smallest absolute Gasteiger partial charge is 0.183 e. The minimum Gasteiger partial charge on any atom is -0.451 e. The molecule has 1 heterocycles. The number of nitrogens with two attached hydrogens (primary N) is 1. The normalized spacial score (nSPS) is 14.4. The van der Waals surface area contributed by atoms with Crippen LogP contribution in [-0.4, -0.2) is 18.5 Å². The monoisotopic (exact) mass is 434 g/mol. The SMILES string of the molecule is CC(c1ccccc1Cl)N(C)C(CN)c1cc(Br)c(Br)o1. The first-order chi connectivity index (χ1) is 9.95. The van der Waals surface area contributed by atoms with Gasteiger partial charge in [0.15, 0.2) is 4.67 Å². The summed E-state index contributed by atoms with van der Waals surface area (Å²) in [6, 6.07) is 9.89. The van der Waals surface area contributed by atoms with Crippen molar-refractivity contribution in [2.24, 2.45) is 5.73 Å². The molecule has 1 aromatic heterocycles. The highest BCUT2D eigenvalue weighted by Crippen LogP contribution is 2.35. The fourth-order valence-corrected chi connectivity index (χ4v) is 3.22. The zero-order chi connectivity index (χ0) is 15.6. The van der Waals surface area contributed by atoms with E-state index in [2.05, 4.69) is 43.7 Å². The van der Waals surface area contributed by atoms with Crippen LogP contribution in [-0.2, 0) is 0 Å². The maximum absolute atomic E-state index is 6.29. The van der Waals surface area contributed by atoms with Crippen LogP contribution < -0.4 is 5.73 Å². The summed E-state index contributed by atoms with van der Waals surface area (Å²) in [5, 5.41) is 0.759. The van der Waals surface area contributed by atoms with Gasteiger partial charge in [0, 0.05) is 17.6 Å². The van der Waals surface area contributed by atoms with E-state index in [0.717, 1.165) is 20.8 Å². The van der Waals surface area contributed by atoms with Crippen molar-refractivity contribution >= 4 is 43.5 Å². The lowest BCUT2D eigenvalue weighted by molar-refractivity contribution is 0.168. The number of halogens is 3. The summed E-state index contributed by atoms with van der Waals surface area (Å²) in [6.45, 7) is 2.56. The predicted octanol–water partition coefficient (Wildman–Crippen LogP) is 5.15. The molecule has 0 aliphatic carbocycles. The van der Waals surface area contributed by atoms with Crippen molar-refractivity contribution in [2.45, 2.75) is 19.0 Å². The Bertz CT molecular complexity index is 598. The Morgan fingerprint density at radius 1 is 1.33 bits per heavy atom. The van der Waals surface area contributed by atoms with E-state index in [9.17, 15) is 0 Å². The van der Waals surface area contributed by atoms with Gasteiger partial charge in [-0.15, -0.1) is 0 Å². The van der Waals surface area contributed by atoms with E-state index >= 15 is 0 Å². The van der Waals surface area contributed by atoms with Gasteiger partial charge < -0.3 is 10.2 Å². The Morgan fingerprint density at radius 3 is 2.52 bits per heavy atom. The topological polar surface area (TPSA) is 42.4 Å². The molecule has 2 N–H and O–H groups in total. The Morgan fingerprint density at radius 2 is 2.00 bits per heavy atom. The number of hydrogen-bond acceptors (Lipinski definition) is 3. The highest BCUT2D eigenvalue weighted by atomic mass is 79.9. The zero-order valence-corrected chi connectivity index (χ0v) is 15.7. The summed E-state index contributed by atoms with van der Waals surface area (Å²) < 4.78 is 7.28. The van der Waals surface area contributed by atoms with Crippen molar-refractivity contribution in [1.82, 2.24) is 4.90 Å². The largest absolute Gasteiger partial charge is 0.451 e. The summed E-state index contributed by atoms with van der Waals surface area (Å²) >= 11 is 13.1. The lowest BCUT2D eigenvalue weighted by Crippen LogP contribution is -2.32. The molecule has 0 aliphatic rings. The van der Waals surface area contributed by atoms with Crippen LogP contribution in [0.2, 0.25) is 5.02 Å². The Kier molecular flexibility index (Phi) is 5.91. The molecule has 0 amide bonds. The fourth-order valence-electron chi connectivity index (χ4n) is 2.31. The maximum atomic E-state index is 6.29. The van der Waals surface area contributed by atoms with Gasteiger partial charge >= 0.3 is 0 Å². The molecular weight excluding hydrogens is 419 g/mol. The first-order valence-corrected chi connectivity index (χ1v) is 8.53. The first kappa shape index (κ1) is 17.0. The van der Waals surface area contributed by atoms with Crippen LogP contribution in [0, 0.1) is 0 Å². The van der Waals surface area contributed by atoms with Gasteiger partial charge in [-0.05, 0) is 63.5 Å². The van der Waals surface area contributed by atoms with Crippen LogP contribution in [0.4, 0.5) is 0 Å². The molecule has 1 aromatic carbocycles. The highest BCUT2D eigenvalue weighted by molar-refractivity contribution is 9.13. The minimum atomic E-state index is -0.0288. The molecular formula is C15H17Br2ClN2O. The van der Waals surface area contributed by atoms with Crippen molar-refractivity contribution in [2.75, 3.05) is 13.6 Å². The van der Waals surface area contributed by atoms with Gasteiger partial charge in [0.25, 0.3) is 0 Å². The summed E-state index contributed by atoms with van der Waals surface area (Å²) in [5.41, 5.74) is 7.03. The molecule has 3 nitrogen and oxygen atoms in total. The summed E-state index contributed by atoms with van der Waals surface area (Å²) in [6.07, 6.45) is 0. The fraction of sp³-hybridized carbons (Fsp3) is 0.333. The average molecular weight is 437 g/mol. The second-order valence-electron chi connectivity index (χ2n) is 4.88. The van der Waals surface area contributed by atoms with Crippen LogP contribution in [0.25, 0.3) is 0 Å². The lowest BCUT2D eigenvalue weighted by atomic mass is 10.0. The third-order valence-corrected chi connectivity index (χ3v) is 5.73. The van der Waals surface area contributed by atoms with E-state index in [0.29, 0.717) is 11.2 Å². The predicted molar refractivity (Wildman–Crippen MR) is 93.5 cm³/mol. The molecule has 0 fully saturated rings. The molecule has 0 radical (unpaired) electrons. The van der Waals surface area contributed by atoms with E-state index in [1.54, 1.807) is 0 Å². The van der Waals surface area contributed by atoms with E-state index in [1.807, 2.05) is 37.4 Å². The van der Waals surface area contributed by atoms with Crippen molar-refractivity contribution in [1.29, 1.82) is 0 Å². The highest BCUT2D eigenvalue weighted by Gasteiger charge is 2.26. The number of nitrogens with zero attached hydrogens (tertiary/aromatic N) is 1. The third kappa shape index (κ3) is 3.71. The summed E-state index contributed by atoms with van der Waals surface area (Å²) in [7, 11) is 2.02. The quantitative estimate of drug-likeness (QED) is 0.705. The Labute approximate surface area is 146 Å². The molecule has 0 saturated carbocycles. The van der Waals surface area contributed by atoms with Gasteiger partial charge in [0.05, 0.1) is 10.5 Å². The molecule has 114 valence electrons. The van der Waals surface area contributed by atoms with E-state index in [1.165, 1.54) is 0 Å². The van der Waals surface area contributed by atoms with Crippen LogP contribution in [0.1, 0.15) is 30.3 Å². The molecule has 0 aliphatic heterocycles. The molecule has 2 aromatic rings. The van der Waals surface area contributed by atoms with Gasteiger partial charge in [-0.25, -0.2) is 0 Å². The van der Waals surface area contributed by atoms with E-state index in [4.69, 9.17) is 21.8 Å². The van der Waals surface area contributed by atoms with Crippen molar-refractivity contribution in [3.63, 3.8) is 0 Å². The Hall–Kier alpha value is -0.330. The summed E-state index contributed by atoms with van der Waals surface area (Å²) in [5.74, 6) is 0.817. The van der Waals surface area contributed by atoms with Gasteiger partial charge in [0.1, 0.15) is 5.76 Å². The zero-order valence-electron chi connectivity index (χ0n) is 11.8. The van der Waals surface area contributed by atoms with Crippen molar-refractivity contribution < 1.29 is 4.42 Å². The van der Waals surface area contributed by atoms with Gasteiger partial charge in [-0.2, -0.15) is 0 Å². The first-order valence-electron chi connectivity index (χ1n) is 6.56. The molecule has 2 atom stereocenters. The summed E-state index contributed by atoms with van der Waals surface area (Å²) in [4.78, 5) is 2.17. The van der Waals surface area contributed by atoms with E-state index < -0.39 is 0 Å². The lowest BCUT2D eigenvalue weighted by Gasteiger charge is -2.31. The van der Waals surface area contributed by atoms with Crippen molar-refractivity contribution in [3.05, 3.63) is 55.8 Å². The third-order valence-electron chi connectivity index (χ3n) is 3.67. The number of benzene rings is 1. The number of rotatable bonds is 5. The Balaban J connectivity index is 2.28. The average Bonchev–Trinajstić information content (AvgIpc) is 2.79. The van der Waals surface area contributed by atoms with Crippen LogP contribution in [0.5, 0.6) is 0 Å². The minimum absolute atomic E-state index is 0.0288. The van der Waals surface area contributed by atoms with Crippen LogP contribution in [0.3, 0.4) is 0 Å². The second-order valence-corrected chi connectivity index (χ2v) is 6.87. The number of furan rings is 1.